The first-order valence-corrected chi connectivity index (χ1v) is 8.51. The maximum absolute atomic E-state index is 6.46. The summed E-state index contributed by atoms with van der Waals surface area (Å²) in [5.74, 6) is 0.627. The molecule has 0 amide bonds. The van der Waals surface area contributed by atoms with Crippen molar-refractivity contribution in [1.82, 2.24) is 0 Å². The zero-order valence-corrected chi connectivity index (χ0v) is 13.3. The third-order valence-corrected chi connectivity index (χ3v) is 5.75. The van der Waals surface area contributed by atoms with Crippen molar-refractivity contribution in [2.45, 2.75) is 51.2 Å². The lowest BCUT2D eigenvalue weighted by molar-refractivity contribution is -0.00928. The summed E-state index contributed by atoms with van der Waals surface area (Å²) in [7, 11) is 0. The lowest BCUT2D eigenvalue weighted by Gasteiger charge is -2.33. The van der Waals surface area contributed by atoms with Gasteiger partial charge < -0.3 is 10.5 Å². The Kier molecular flexibility index (Phi) is 5.67. The number of hydrogen-bond acceptors (Lipinski definition) is 3. The minimum Gasteiger partial charge on any atom is -0.376 e. The molecule has 2 atom stereocenters. The number of nitrogens with two attached hydrogens (primary N) is 1. The standard InChI is InChI=1S/C14H22BrNOS/c1-2-17-13(10-6-4-3-5-7-10)12(16)14-11(15)8-9-18-14/h8-10,12-13H,2-7,16H2,1H3. The predicted molar refractivity (Wildman–Crippen MR) is 80.9 cm³/mol. The zero-order chi connectivity index (χ0) is 13.0. The number of thiophene rings is 1. The van der Waals surface area contributed by atoms with Gasteiger partial charge in [0.15, 0.2) is 0 Å². The van der Waals surface area contributed by atoms with Crippen LogP contribution in [-0.2, 0) is 4.74 Å². The Morgan fingerprint density at radius 3 is 2.72 bits per heavy atom. The van der Waals surface area contributed by atoms with Crippen LogP contribution >= 0.6 is 27.3 Å². The second-order valence-electron chi connectivity index (χ2n) is 4.98. The van der Waals surface area contributed by atoms with Gasteiger partial charge in [-0.3, -0.25) is 0 Å². The van der Waals surface area contributed by atoms with Gasteiger partial charge in [-0.15, -0.1) is 11.3 Å². The summed E-state index contributed by atoms with van der Waals surface area (Å²) in [5, 5.41) is 2.09. The van der Waals surface area contributed by atoms with Crippen LogP contribution in [0, 0.1) is 5.92 Å². The first-order chi connectivity index (χ1) is 8.74. The third kappa shape index (κ3) is 3.35. The smallest absolute Gasteiger partial charge is 0.0803 e. The Morgan fingerprint density at radius 1 is 1.44 bits per heavy atom. The van der Waals surface area contributed by atoms with Gasteiger partial charge in [-0.2, -0.15) is 0 Å². The summed E-state index contributed by atoms with van der Waals surface area (Å²) in [6, 6.07) is 2.08. The topological polar surface area (TPSA) is 35.2 Å². The highest BCUT2D eigenvalue weighted by molar-refractivity contribution is 9.10. The fourth-order valence-electron chi connectivity index (χ4n) is 2.88. The van der Waals surface area contributed by atoms with Gasteiger partial charge in [-0.05, 0) is 53.1 Å². The minimum absolute atomic E-state index is 0.00225. The number of halogens is 1. The van der Waals surface area contributed by atoms with Crippen molar-refractivity contribution >= 4 is 27.3 Å². The lowest BCUT2D eigenvalue weighted by Crippen LogP contribution is -2.36. The second-order valence-corrected chi connectivity index (χ2v) is 6.78. The van der Waals surface area contributed by atoms with E-state index in [0.717, 1.165) is 11.1 Å². The van der Waals surface area contributed by atoms with E-state index in [1.54, 1.807) is 11.3 Å². The molecule has 2 N–H and O–H groups in total. The van der Waals surface area contributed by atoms with E-state index in [1.165, 1.54) is 37.0 Å². The van der Waals surface area contributed by atoms with Gasteiger partial charge in [0.2, 0.25) is 0 Å². The zero-order valence-electron chi connectivity index (χ0n) is 10.9. The van der Waals surface area contributed by atoms with Crippen molar-refractivity contribution in [1.29, 1.82) is 0 Å². The average Bonchev–Trinajstić information content (AvgIpc) is 2.82. The van der Waals surface area contributed by atoms with E-state index in [2.05, 4.69) is 34.3 Å². The minimum atomic E-state index is 0.00225. The van der Waals surface area contributed by atoms with E-state index in [1.807, 2.05) is 0 Å². The van der Waals surface area contributed by atoms with Crippen LogP contribution in [0.4, 0.5) is 0 Å². The van der Waals surface area contributed by atoms with Crippen LogP contribution in [0.3, 0.4) is 0 Å². The maximum atomic E-state index is 6.46. The van der Waals surface area contributed by atoms with E-state index >= 15 is 0 Å². The average molecular weight is 332 g/mol. The van der Waals surface area contributed by atoms with Crippen LogP contribution < -0.4 is 5.73 Å². The molecule has 2 nitrogen and oxygen atoms in total. The van der Waals surface area contributed by atoms with Crippen LogP contribution in [0.25, 0.3) is 0 Å². The van der Waals surface area contributed by atoms with Gasteiger partial charge in [-0.25, -0.2) is 0 Å². The van der Waals surface area contributed by atoms with Crippen molar-refractivity contribution < 1.29 is 4.74 Å². The molecule has 2 rings (SSSR count). The van der Waals surface area contributed by atoms with Crippen molar-refractivity contribution in [2.24, 2.45) is 11.7 Å². The van der Waals surface area contributed by atoms with Gasteiger partial charge in [0.1, 0.15) is 0 Å². The molecule has 0 aliphatic heterocycles. The Labute approximate surface area is 122 Å². The molecule has 0 saturated heterocycles. The van der Waals surface area contributed by atoms with E-state index in [-0.39, 0.29) is 12.1 Å². The third-order valence-electron chi connectivity index (χ3n) is 3.78. The van der Waals surface area contributed by atoms with Crippen LogP contribution in [-0.4, -0.2) is 12.7 Å². The van der Waals surface area contributed by atoms with Gasteiger partial charge in [-0.1, -0.05) is 19.3 Å². The Bertz CT molecular complexity index is 362. The predicted octanol–water partition coefficient (Wildman–Crippen LogP) is 4.50. The molecule has 0 aromatic carbocycles. The molecule has 1 aliphatic carbocycles. The quantitative estimate of drug-likeness (QED) is 0.862. The molecule has 102 valence electrons. The first kappa shape index (κ1) is 14.5. The molecule has 4 heteroatoms. The normalized spacial score (nSPS) is 20.8. The first-order valence-electron chi connectivity index (χ1n) is 6.84. The molecule has 1 aromatic heterocycles. The molecule has 0 radical (unpaired) electrons. The van der Waals surface area contributed by atoms with Gasteiger partial charge in [0.05, 0.1) is 12.1 Å². The van der Waals surface area contributed by atoms with Gasteiger partial charge >= 0.3 is 0 Å². The molecule has 18 heavy (non-hydrogen) atoms. The molecule has 2 unspecified atom stereocenters. The summed E-state index contributed by atoms with van der Waals surface area (Å²) in [6.07, 6.45) is 6.72. The summed E-state index contributed by atoms with van der Waals surface area (Å²) in [6.45, 7) is 2.81. The summed E-state index contributed by atoms with van der Waals surface area (Å²) in [4.78, 5) is 1.22. The van der Waals surface area contributed by atoms with E-state index in [4.69, 9.17) is 10.5 Å². The number of hydrogen-bond donors (Lipinski definition) is 1. The van der Waals surface area contributed by atoms with Crippen molar-refractivity contribution in [3.8, 4) is 0 Å². The highest BCUT2D eigenvalue weighted by atomic mass is 79.9. The Hall–Kier alpha value is 0.100. The molecule has 1 aliphatic rings. The summed E-state index contributed by atoms with van der Waals surface area (Å²) in [5.41, 5.74) is 6.46. The fourth-order valence-corrected chi connectivity index (χ4v) is 4.56. The molecule has 1 saturated carbocycles. The molecule has 1 heterocycles. The van der Waals surface area contributed by atoms with E-state index in [0.29, 0.717) is 5.92 Å². The Morgan fingerprint density at radius 2 is 2.17 bits per heavy atom. The van der Waals surface area contributed by atoms with Crippen LogP contribution in [0.2, 0.25) is 0 Å². The van der Waals surface area contributed by atoms with Crippen LogP contribution in [0.5, 0.6) is 0 Å². The molecule has 0 bridgehead atoms. The van der Waals surface area contributed by atoms with Gasteiger partial charge in [0, 0.05) is 16.0 Å². The number of ether oxygens (including phenoxy) is 1. The van der Waals surface area contributed by atoms with Crippen LogP contribution in [0.1, 0.15) is 49.9 Å². The highest BCUT2D eigenvalue weighted by Crippen LogP contribution is 2.37. The molecular formula is C14H22BrNOS. The van der Waals surface area contributed by atoms with Crippen molar-refractivity contribution in [2.75, 3.05) is 6.61 Å². The highest BCUT2D eigenvalue weighted by Gasteiger charge is 2.31. The summed E-state index contributed by atoms with van der Waals surface area (Å²) >= 11 is 5.31. The fraction of sp³-hybridized carbons (Fsp3) is 0.714. The molecule has 1 aromatic rings. The molecule has 1 fully saturated rings. The lowest BCUT2D eigenvalue weighted by atomic mass is 9.82. The molecular weight excluding hydrogens is 310 g/mol. The van der Waals surface area contributed by atoms with E-state index < -0.39 is 0 Å². The van der Waals surface area contributed by atoms with E-state index in [9.17, 15) is 0 Å². The van der Waals surface area contributed by atoms with Gasteiger partial charge in [0.25, 0.3) is 0 Å². The Balaban J connectivity index is 2.10. The maximum Gasteiger partial charge on any atom is 0.0803 e. The summed E-state index contributed by atoms with van der Waals surface area (Å²) < 4.78 is 7.11. The number of rotatable bonds is 5. The molecule has 0 spiro atoms. The van der Waals surface area contributed by atoms with Crippen molar-refractivity contribution in [3.05, 3.63) is 20.8 Å². The SMILES string of the molecule is CCOC(C1CCCCC1)C(N)c1sccc1Br. The largest absolute Gasteiger partial charge is 0.376 e. The van der Waals surface area contributed by atoms with Crippen molar-refractivity contribution in [3.63, 3.8) is 0 Å². The second kappa shape index (κ2) is 7.04. The monoisotopic (exact) mass is 331 g/mol. The van der Waals surface area contributed by atoms with Crippen LogP contribution in [0.15, 0.2) is 15.9 Å².